The highest BCUT2D eigenvalue weighted by Gasteiger charge is 2.59. The average Bonchev–Trinajstić information content (AvgIpc) is 2.46. The second-order valence-corrected chi connectivity index (χ2v) is 5.37. The molecule has 7 heteroatoms. The maximum atomic E-state index is 13.3. The smallest absolute Gasteiger partial charge is 0.417 e. The molecule has 0 aliphatic carbocycles. The zero-order valence-corrected chi connectivity index (χ0v) is 12.8. The van der Waals surface area contributed by atoms with E-state index in [0.717, 1.165) is 10.9 Å². The first-order valence-electron chi connectivity index (χ1n) is 7.06. The third kappa shape index (κ3) is 3.44. The van der Waals surface area contributed by atoms with Gasteiger partial charge >= 0.3 is 12.1 Å². The Hall–Kier alpha value is -2.15. The quantitative estimate of drug-likeness (QED) is 0.878. The number of hydrogen-bond donors (Lipinski definition) is 1. The van der Waals surface area contributed by atoms with Crippen LogP contribution in [0.1, 0.15) is 18.2 Å². The zero-order chi connectivity index (χ0) is 17.3. The lowest BCUT2D eigenvalue weighted by atomic mass is 9.93. The van der Waals surface area contributed by atoms with Crippen molar-refractivity contribution in [2.75, 3.05) is 6.61 Å². The number of pyridine rings is 1. The molecule has 0 unspecified atom stereocenters. The Morgan fingerprint density at radius 1 is 1.26 bits per heavy atom. The molecule has 0 bridgehead atoms. The van der Waals surface area contributed by atoms with Gasteiger partial charge in [0.15, 0.2) is 0 Å². The highest BCUT2D eigenvalue weighted by atomic mass is 19.4. The molecule has 2 rings (SSSR count). The Morgan fingerprint density at radius 2 is 1.96 bits per heavy atom. The molecule has 0 saturated heterocycles. The van der Waals surface area contributed by atoms with Crippen molar-refractivity contribution in [2.24, 2.45) is 5.73 Å². The first kappa shape index (κ1) is 17.2. The number of aryl methyl sites for hydroxylation is 1. The number of nitrogens with two attached hydrogens (primary N) is 1. The van der Waals surface area contributed by atoms with Crippen molar-refractivity contribution in [2.45, 2.75) is 32.0 Å². The van der Waals surface area contributed by atoms with Gasteiger partial charge in [-0.25, -0.2) is 4.79 Å². The van der Waals surface area contributed by atoms with E-state index in [2.05, 4.69) is 9.72 Å². The van der Waals surface area contributed by atoms with Crippen LogP contribution in [0.2, 0.25) is 0 Å². The van der Waals surface area contributed by atoms with Gasteiger partial charge in [0.05, 0.1) is 12.1 Å². The summed E-state index contributed by atoms with van der Waals surface area (Å²) in [5.41, 5.74) is 3.89. The van der Waals surface area contributed by atoms with Gasteiger partial charge in [-0.1, -0.05) is 17.7 Å². The van der Waals surface area contributed by atoms with Gasteiger partial charge in [-0.15, -0.1) is 0 Å². The standard InChI is InChI=1S/C16H17F3N2O2/c1-3-23-14(22)15(20,16(17,18)19)9-12-6-5-11-8-10(2)4-7-13(11)21-12/h4-8H,3,9,20H2,1-2H3/t15-/m1/s1. The fourth-order valence-corrected chi connectivity index (χ4v) is 2.22. The molecule has 2 aromatic rings. The van der Waals surface area contributed by atoms with E-state index < -0.39 is 24.1 Å². The van der Waals surface area contributed by atoms with E-state index in [-0.39, 0.29) is 12.3 Å². The minimum Gasteiger partial charge on any atom is -0.464 e. The SMILES string of the molecule is CCOC(=O)[C@](N)(Cc1ccc2cc(C)ccc2n1)C(F)(F)F. The molecule has 0 aliphatic rings. The van der Waals surface area contributed by atoms with Crippen molar-refractivity contribution in [3.63, 3.8) is 0 Å². The summed E-state index contributed by atoms with van der Waals surface area (Å²) in [5, 5.41) is 0.805. The van der Waals surface area contributed by atoms with Gasteiger partial charge in [0.25, 0.3) is 0 Å². The van der Waals surface area contributed by atoms with Crippen LogP contribution in [0, 0.1) is 6.92 Å². The minimum atomic E-state index is -4.94. The Labute approximate surface area is 131 Å². The molecular weight excluding hydrogens is 309 g/mol. The molecule has 124 valence electrons. The van der Waals surface area contributed by atoms with Gasteiger partial charge in [0.2, 0.25) is 5.54 Å². The Kier molecular flexibility index (Phi) is 4.61. The van der Waals surface area contributed by atoms with Crippen molar-refractivity contribution < 1.29 is 22.7 Å². The molecule has 1 aromatic carbocycles. The normalized spacial score (nSPS) is 14.5. The van der Waals surface area contributed by atoms with E-state index in [9.17, 15) is 18.0 Å². The monoisotopic (exact) mass is 326 g/mol. The summed E-state index contributed by atoms with van der Waals surface area (Å²) in [6.07, 6.45) is -5.72. The summed E-state index contributed by atoms with van der Waals surface area (Å²) in [4.78, 5) is 15.9. The van der Waals surface area contributed by atoms with Crippen molar-refractivity contribution in [3.05, 3.63) is 41.6 Å². The highest BCUT2D eigenvalue weighted by molar-refractivity contribution is 5.83. The third-order valence-electron chi connectivity index (χ3n) is 3.51. The van der Waals surface area contributed by atoms with E-state index in [1.807, 2.05) is 19.1 Å². The molecule has 0 spiro atoms. The Morgan fingerprint density at radius 3 is 2.57 bits per heavy atom. The second kappa shape index (κ2) is 6.16. The molecule has 2 N–H and O–H groups in total. The van der Waals surface area contributed by atoms with E-state index in [4.69, 9.17) is 5.73 Å². The number of benzene rings is 1. The van der Waals surface area contributed by atoms with Gasteiger partial charge < -0.3 is 10.5 Å². The fraction of sp³-hybridized carbons (Fsp3) is 0.375. The number of aromatic nitrogens is 1. The predicted molar refractivity (Wildman–Crippen MR) is 79.8 cm³/mol. The number of fused-ring (bicyclic) bond motifs is 1. The number of hydrogen-bond acceptors (Lipinski definition) is 4. The van der Waals surface area contributed by atoms with Crippen LogP contribution in [-0.2, 0) is 16.0 Å². The van der Waals surface area contributed by atoms with E-state index in [1.165, 1.54) is 13.0 Å². The zero-order valence-electron chi connectivity index (χ0n) is 12.8. The molecule has 0 amide bonds. The molecule has 0 radical (unpaired) electrons. The lowest BCUT2D eigenvalue weighted by molar-refractivity contribution is -0.205. The minimum absolute atomic E-state index is 0.0780. The van der Waals surface area contributed by atoms with E-state index in [1.54, 1.807) is 12.1 Å². The molecule has 0 saturated carbocycles. The topological polar surface area (TPSA) is 65.2 Å². The molecule has 23 heavy (non-hydrogen) atoms. The van der Waals surface area contributed by atoms with Crippen molar-refractivity contribution in [3.8, 4) is 0 Å². The van der Waals surface area contributed by atoms with Gasteiger partial charge in [-0.3, -0.25) is 4.98 Å². The lowest BCUT2D eigenvalue weighted by Gasteiger charge is -2.29. The molecule has 1 aromatic heterocycles. The summed E-state index contributed by atoms with van der Waals surface area (Å²) in [6, 6.07) is 8.49. The number of esters is 1. The van der Waals surface area contributed by atoms with Crippen LogP contribution in [0.25, 0.3) is 10.9 Å². The van der Waals surface area contributed by atoms with Crippen molar-refractivity contribution in [1.82, 2.24) is 4.98 Å². The van der Waals surface area contributed by atoms with Gasteiger partial charge in [-0.2, -0.15) is 13.2 Å². The Bertz CT molecular complexity index is 731. The van der Waals surface area contributed by atoms with Gasteiger partial charge in [0, 0.05) is 17.5 Å². The fourth-order valence-electron chi connectivity index (χ4n) is 2.22. The molecule has 0 fully saturated rings. The summed E-state index contributed by atoms with van der Waals surface area (Å²) >= 11 is 0. The first-order valence-corrected chi connectivity index (χ1v) is 7.06. The number of carbonyl (C=O) groups is 1. The number of ether oxygens (including phenoxy) is 1. The molecule has 0 aliphatic heterocycles. The van der Waals surface area contributed by atoms with Crippen LogP contribution in [0.4, 0.5) is 13.2 Å². The predicted octanol–water partition coefficient (Wildman–Crippen LogP) is 2.91. The van der Waals surface area contributed by atoms with Gasteiger partial charge in [0.1, 0.15) is 0 Å². The van der Waals surface area contributed by atoms with Crippen LogP contribution in [0.5, 0.6) is 0 Å². The molecule has 1 atom stereocenters. The molecule has 1 heterocycles. The summed E-state index contributed by atoms with van der Waals surface area (Å²) < 4.78 is 44.3. The largest absolute Gasteiger partial charge is 0.464 e. The highest BCUT2D eigenvalue weighted by Crippen LogP contribution is 2.32. The maximum absolute atomic E-state index is 13.3. The first-order chi connectivity index (χ1) is 10.7. The second-order valence-electron chi connectivity index (χ2n) is 5.37. The van der Waals surface area contributed by atoms with Crippen LogP contribution in [-0.4, -0.2) is 29.3 Å². The molecule has 4 nitrogen and oxygen atoms in total. The Balaban J connectivity index is 2.40. The number of carbonyl (C=O) groups excluding carboxylic acids is 1. The average molecular weight is 326 g/mol. The van der Waals surface area contributed by atoms with E-state index >= 15 is 0 Å². The summed E-state index contributed by atoms with van der Waals surface area (Å²) in [6.45, 7) is 3.15. The van der Waals surface area contributed by atoms with Gasteiger partial charge in [-0.05, 0) is 32.0 Å². The van der Waals surface area contributed by atoms with Crippen LogP contribution in [0.15, 0.2) is 30.3 Å². The lowest BCUT2D eigenvalue weighted by Crippen LogP contribution is -2.61. The van der Waals surface area contributed by atoms with E-state index in [0.29, 0.717) is 5.52 Å². The van der Waals surface area contributed by atoms with Crippen LogP contribution in [0.3, 0.4) is 0 Å². The van der Waals surface area contributed by atoms with Crippen LogP contribution < -0.4 is 5.73 Å². The third-order valence-corrected chi connectivity index (χ3v) is 3.51. The number of nitrogens with zero attached hydrogens (tertiary/aromatic N) is 1. The van der Waals surface area contributed by atoms with Crippen LogP contribution >= 0.6 is 0 Å². The van der Waals surface area contributed by atoms with Crippen molar-refractivity contribution in [1.29, 1.82) is 0 Å². The summed E-state index contributed by atoms with van der Waals surface area (Å²) in [7, 11) is 0. The number of alkyl halides is 3. The van der Waals surface area contributed by atoms with Crippen molar-refractivity contribution >= 4 is 16.9 Å². The molecular formula is C16H17F3N2O2. The summed E-state index contributed by atoms with van der Waals surface area (Å²) in [5.74, 6) is -1.50. The number of halogens is 3. The number of rotatable bonds is 4. The maximum Gasteiger partial charge on any atom is 0.417 e.